The molecule has 2 aromatic rings. The lowest BCUT2D eigenvalue weighted by Crippen LogP contribution is -2.05. The van der Waals surface area contributed by atoms with Crippen LogP contribution < -0.4 is 0 Å². The first-order chi connectivity index (χ1) is 8.40. The normalized spacial score (nSPS) is 13.0. The fourth-order valence-corrected chi connectivity index (χ4v) is 4.03. The molecule has 1 unspecified atom stereocenters. The molecule has 3 nitrogen and oxygen atoms in total. The molecule has 1 N–H and O–H groups in total. The van der Waals surface area contributed by atoms with Crippen LogP contribution in [0.3, 0.4) is 0 Å². The lowest BCUT2D eigenvalue weighted by Gasteiger charge is -2.09. The molecule has 0 saturated heterocycles. The molecule has 2 heterocycles. The summed E-state index contributed by atoms with van der Waals surface area (Å²) in [4.78, 5) is 0.892. The SMILES string of the molecule is Cc1nn(C)c(CC(O)c2cc(Br)c(Br)s2)c1Cl. The standard InChI is InChI=1S/C11H11Br2ClN2OS/c1-5-10(14)7(16(2)15-5)4-8(17)9-3-6(12)11(13)18-9/h3,8,17H,4H2,1-2H3. The molecule has 0 fully saturated rings. The van der Waals surface area contributed by atoms with Gasteiger partial charge in [-0.15, -0.1) is 11.3 Å². The van der Waals surface area contributed by atoms with Crippen LogP contribution in [0.1, 0.15) is 22.4 Å². The van der Waals surface area contributed by atoms with Crippen LogP contribution in [-0.2, 0) is 13.5 Å². The van der Waals surface area contributed by atoms with E-state index in [0.29, 0.717) is 11.4 Å². The zero-order chi connectivity index (χ0) is 13.4. The number of hydrogen-bond acceptors (Lipinski definition) is 3. The third-order valence-electron chi connectivity index (χ3n) is 2.64. The molecule has 0 radical (unpaired) electrons. The third kappa shape index (κ3) is 2.82. The van der Waals surface area contributed by atoms with Crippen LogP contribution in [0.2, 0.25) is 5.02 Å². The molecular weight excluding hydrogens is 403 g/mol. The van der Waals surface area contributed by atoms with E-state index < -0.39 is 6.10 Å². The van der Waals surface area contributed by atoms with Crippen LogP contribution in [0.15, 0.2) is 14.3 Å². The molecule has 98 valence electrons. The van der Waals surface area contributed by atoms with Crippen molar-refractivity contribution in [2.45, 2.75) is 19.4 Å². The van der Waals surface area contributed by atoms with Gasteiger partial charge in [-0.1, -0.05) is 11.6 Å². The summed E-state index contributed by atoms with van der Waals surface area (Å²) in [6, 6.07) is 1.91. The van der Waals surface area contributed by atoms with Gasteiger partial charge >= 0.3 is 0 Å². The Bertz CT molecular complexity index is 562. The number of rotatable bonds is 3. The Morgan fingerprint density at radius 3 is 2.67 bits per heavy atom. The molecule has 2 aromatic heterocycles. The summed E-state index contributed by atoms with van der Waals surface area (Å²) in [5, 5.41) is 15.1. The fourth-order valence-electron chi connectivity index (χ4n) is 1.71. The van der Waals surface area contributed by atoms with Gasteiger partial charge in [-0.05, 0) is 44.8 Å². The first-order valence-electron chi connectivity index (χ1n) is 5.21. The number of hydrogen-bond donors (Lipinski definition) is 1. The maximum atomic E-state index is 10.2. The minimum absolute atomic E-state index is 0.454. The van der Waals surface area contributed by atoms with E-state index in [-0.39, 0.29) is 0 Å². The Morgan fingerprint density at radius 1 is 1.56 bits per heavy atom. The van der Waals surface area contributed by atoms with E-state index >= 15 is 0 Å². The monoisotopic (exact) mass is 412 g/mol. The molecular formula is C11H11Br2ClN2OS. The van der Waals surface area contributed by atoms with Gasteiger partial charge in [0, 0.05) is 22.8 Å². The molecule has 0 spiro atoms. The average Bonchev–Trinajstić information content (AvgIpc) is 2.75. The summed E-state index contributed by atoms with van der Waals surface area (Å²) < 4.78 is 3.65. The van der Waals surface area contributed by atoms with Crippen LogP contribution in [0, 0.1) is 6.92 Å². The van der Waals surface area contributed by atoms with Crippen molar-refractivity contribution in [2.24, 2.45) is 7.05 Å². The molecule has 2 rings (SSSR count). The molecule has 0 aliphatic carbocycles. The molecule has 0 aromatic carbocycles. The molecule has 0 bridgehead atoms. The number of aliphatic hydroxyl groups excluding tert-OH is 1. The summed E-state index contributed by atoms with van der Waals surface area (Å²) in [6.45, 7) is 1.86. The first-order valence-corrected chi connectivity index (χ1v) is 7.99. The topological polar surface area (TPSA) is 38.0 Å². The minimum atomic E-state index is -0.579. The Morgan fingerprint density at radius 2 is 2.22 bits per heavy atom. The largest absolute Gasteiger partial charge is 0.387 e. The summed E-state index contributed by atoms with van der Waals surface area (Å²) >= 11 is 14.5. The summed E-state index contributed by atoms with van der Waals surface area (Å²) in [5.74, 6) is 0. The molecule has 18 heavy (non-hydrogen) atoms. The van der Waals surface area contributed by atoms with Crippen LogP contribution in [-0.4, -0.2) is 14.9 Å². The van der Waals surface area contributed by atoms with Gasteiger partial charge in [-0.25, -0.2) is 0 Å². The van der Waals surface area contributed by atoms with E-state index in [9.17, 15) is 5.11 Å². The maximum absolute atomic E-state index is 10.2. The summed E-state index contributed by atoms with van der Waals surface area (Å²) in [7, 11) is 1.83. The van der Waals surface area contributed by atoms with Crippen molar-refractivity contribution in [2.75, 3.05) is 0 Å². The summed E-state index contributed by atoms with van der Waals surface area (Å²) in [6.07, 6.45) is -0.125. The van der Waals surface area contributed by atoms with E-state index in [1.54, 1.807) is 4.68 Å². The van der Waals surface area contributed by atoms with Crippen molar-refractivity contribution < 1.29 is 5.11 Å². The number of aryl methyl sites for hydroxylation is 2. The number of halogens is 3. The predicted molar refractivity (Wildman–Crippen MR) is 81.3 cm³/mol. The second-order valence-corrected chi connectivity index (χ2v) is 7.59. The molecule has 0 aliphatic rings. The van der Waals surface area contributed by atoms with Gasteiger partial charge in [0.05, 0.1) is 26.3 Å². The van der Waals surface area contributed by atoms with Gasteiger partial charge in [0.25, 0.3) is 0 Å². The van der Waals surface area contributed by atoms with Crippen molar-refractivity contribution >= 4 is 54.8 Å². The van der Waals surface area contributed by atoms with Gasteiger partial charge < -0.3 is 5.11 Å². The summed E-state index contributed by atoms with van der Waals surface area (Å²) in [5.41, 5.74) is 1.64. The maximum Gasteiger partial charge on any atom is 0.0938 e. The van der Waals surface area contributed by atoms with Gasteiger partial charge in [0.2, 0.25) is 0 Å². The lowest BCUT2D eigenvalue weighted by molar-refractivity contribution is 0.179. The molecule has 0 aliphatic heterocycles. The van der Waals surface area contributed by atoms with Gasteiger partial charge in [0.15, 0.2) is 0 Å². The van der Waals surface area contributed by atoms with Gasteiger partial charge in [-0.3, -0.25) is 4.68 Å². The number of nitrogens with zero attached hydrogens (tertiary/aromatic N) is 2. The smallest absolute Gasteiger partial charge is 0.0938 e. The van der Waals surface area contributed by atoms with E-state index in [1.165, 1.54) is 11.3 Å². The van der Waals surface area contributed by atoms with E-state index in [4.69, 9.17) is 11.6 Å². The van der Waals surface area contributed by atoms with Crippen LogP contribution in [0.25, 0.3) is 0 Å². The Balaban J connectivity index is 2.23. The minimum Gasteiger partial charge on any atom is -0.387 e. The molecule has 1 atom stereocenters. The van der Waals surface area contributed by atoms with Crippen molar-refractivity contribution in [1.29, 1.82) is 0 Å². The zero-order valence-corrected chi connectivity index (χ0v) is 14.5. The second kappa shape index (κ2) is 5.63. The van der Waals surface area contributed by atoms with E-state index in [2.05, 4.69) is 37.0 Å². The van der Waals surface area contributed by atoms with Crippen molar-refractivity contribution in [1.82, 2.24) is 9.78 Å². The van der Waals surface area contributed by atoms with Crippen molar-refractivity contribution in [3.63, 3.8) is 0 Å². The fraction of sp³-hybridized carbons (Fsp3) is 0.364. The first kappa shape index (κ1) is 14.5. The van der Waals surface area contributed by atoms with Crippen LogP contribution in [0.5, 0.6) is 0 Å². The molecule has 0 saturated carbocycles. The quantitative estimate of drug-likeness (QED) is 0.816. The highest BCUT2D eigenvalue weighted by Crippen LogP contribution is 2.37. The highest BCUT2D eigenvalue weighted by molar-refractivity contribution is 9.13. The third-order valence-corrected chi connectivity index (χ3v) is 6.49. The van der Waals surface area contributed by atoms with Gasteiger partial charge in [0.1, 0.15) is 0 Å². The molecule has 0 amide bonds. The zero-order valence-electron chi connectivity index (χ0n) is 9.75. The van der Waals surface area contributed by atoms with Crippen molar-refractivity contribution in [3.8, 4) is 0 Å². The van der Waals surface area contributed by atoms with Crippen molar-refractivity contribution in [3.05, 3.63) is 35.6 Å². The van der Waals surface area contributed by atoms with E-state index in [0.717, 1.165) is 24.5 Å². The Hall–Kier alpha value is 0.120. The van der Waals surface area contributed by atoms with Crippen LogP contribution in [0.4, 0.5) is 0 Å². The van der Waals surface area contributed by atoms with Crippen LogP contribution >= 0.6 is 54.8 Å². The highest BCUT2D eigenvalue weighted by atomic mass is 79.9. The lowest BCUT2D eigenvalue weighted by atomic mass is 10.1. The Labute approximate surface area is 131 Å². The number of aliphatic hydroxyl groups is 1. The average molecular weight is 415 g/mol. The van der Waals surface area contributed by atoms with E-state index in [1.807, 2.05) is 20.0 Å². The number of thiophene rings is 1. The Kier molecular flexibility index (Phi) is 4.54. The second-order valence-electron chi connectivity index (χ2n) is 3.96. The molecule has 7 heteroatoms. The highest BCUT2D eigenvalue weighted by Gasteiger charge is 2.19. The number of aromatic nitrogens is 2. The van der Waals surface area contributed by atoms with Gasteiger partial charge in [-0.2, -0.15) is 5.10 Å². The predicted octanol–water partition coefficient (Wildman–Crippen LogP) is 4.24.